The SMILES string of the molecule is CCCc1noc(CCCC(=O)NC(CC(=O)OC)c2ccc(F)cc2)n1. The van der Waals surface area contributed by atoms with Crippen molar-refractivity contribution < 1.29 is 23.2 Å². The zero-order valence-electron chi connectivity index (χ0n) is 15.5. The van der Waals surface area contributed by atoms with Crippen molar-refractivity contribution in [1.82, 2.24) is 15.5 Å². The molecule has 0 aliphatic carbocycles. The van der Waals surface area contributed by atoms with Crippen molar-refractivity contribution >= 4 is 11.9 Å². The summed E-state index contributed by atoms with van der Waals surface area (Å²) in [6.45, 7) is 2.03. The predicted octanol–water partition coefficient (Wildman–Crippen LogP) is 2.90. The third-order valence-corrected chi connectivity index (χ3v) is 3.98. The van der Waals surface area contributed by atoms with Crippen LogP contribution in [0.5, 0.6) is 0 Å². The number of nitrogens with one attached hydrogen (secondary N) is 1. The monoisotopic (exact) mass is 377 g/mol. The first-order chi connectivity index (χ1) is 13.0. The zero-order valence-corrected chi connectivity index (χ0v) is 15.5. The number of esters is 1. The van der Waals surface area contributed by atoms with Gasteiger partial charge in [0, 0.05) is 19.3 Å². The van der Waals surface area contributed by atoms with Crippen LogP contribution in [0.2, 0.25) is 0 Å². The second-order valence-corrected chi connectivity index (χ2v) is 6.16. The van der Waals surface area contributed by atoms with Gasteiger partial charge in [0.05, 0.1) is 19.6 Å². The quantitative estimate of drug-likeness (QED) is 0.640. The molecule has 0 bridgehead atoms. The van der Waals surface area contributed by atoms with Crippen molar-refractivity contribution in [2.24, 2.45) is 0 Å². The van der Waals surface area contributed by atoms with Gasteiger partial charge in [-0.1, -0.05) is 24.2 Å². The van der Waals surface area contributed by atoms with Crippen molar-refractivity contribution in [3.8, 4) is 0 Å². The molecule has 0 spiro atoms. The predicted molar refractivity (Wildman–Crippen MR) is 95.1 cm³/mol. The fraction of sp³-hybridized carbons (Fsp3) is 0.474. The van der Waals surface area contributed by atoms with E-state index in [4.69, 9.17) is 4.52 Å². The molecule has 1 N–H and O–H groups in total. The van der Waals surface area contributed by atoms with Crippen molar-refractivity contribution in [2.75, 3.05) is 7.11 Å². The molecule has 1 aromatic carbocycles. The van der Waals surface area contributed by atoms with Crippen molar-refractivity contribution in [2.45, 2.75) is 51.5 Å². The van der Waals surface area contributed by atoms with E-state index in [1.165, 1.54) is 31.4 Å². The first-order valence-corrected chi connectivity index (χ1v) is 8.95. The van der Waals surface area contributed by atoms with Crippen molar-refractivity contribution in [3.05, 3.63) is 47.4 Å². The van der Waals surface area contributed by atoms with Crippen LogP contribution in [0.1, 0.15) is 55.9 Å². The van der Waals surface area contributed by atoms with E-state index in [9.17, 15) is 14.0 Å². The summed E-state index contributed by atoms with van der Waals surface area (Å²) in [7, 11) is 1.28. The third kappa shape index (κ3) is 6.80. The van der Waals surface area contributed by atoms with E-state index < -0.39 is 12.0 Å². The van der Waals surface area contributed by atoms with Crippen LogP contribution in [-0.2, 0) is 27.2 Å². The molecule has 7 nitrogen and oxygen atoms in total. The van der Waals surface area contributed by atoms with Crippen LogP contribution in [0, 0.1) is 5.82 Å². The Morgan fingerprint density at radius 2 is 2.00 bits per heavy atom. The molecule has 0 fully saturated rings. The van der Waals surface area contributed by atoms with Gasteiger partial charge in [-0.3, -0.25) is 9.59 Å². The molecule has 1 aromatic heterocycles. The number of aryl methyl sites for hydroxylation is 2. The summed E-state index contributed by atoms with van der Waals surface area (Å²) in [5.74, 6) is 0.117. The number of nitrogens with zero attached hydrogens (tertiary/aromatic N) is 2. The van der Waals surface area contributed by atoms with Gasteiger partial charge in [-0.15, -0.1) is 0 Å². The second-order valence-electron chi connectivity index (χ2n) is 6.16. The third-order valence-electron chi connectivity index (χ3n) is 3.98. The number of carbonyl (C=O) groups excluding carboxylic acids is 2. The molecule has 1 atom stereocenters. The molecule has 0 radical (unpaired) electrons. The number of hydrogen-bond donors (Lipinski definition) is 1. The lowest BCUT2D eigenvalue weighted by Gasteiger charge is -2.18. The van der Waals surface area contributed by atoms with Gasteiger partial charge in [-0.25, -0.2) is 4.39 Å². The van der Waals surface area contributed by atoms with Crippen LogP contribution in [0.4, 0.5) is 4.39 Å². The van der Waals surface area contributed by atoms with Crippen LogP contribution >= 0.6 is 0 Å². The highest BCUT2D eigenvalue weighted by Gasteiger charge is 2.19. The van der Waals surface area contributed by atoms with Gasteiger partial charge in [0.1, 0.15) is 5.82 Å². The Bertz CT molecular complexity index is 746. The van der Waals surface area contributed by atoms with E-state index in [1.54, 1.807) is 0 Å². The maximum absolute atomic E-state index is 13.1. The maximum atomic E-state index is 13.1. The Labute approximate surface area is 157 Å². The van der Waals surface area contributed by atoms with Crippen LogP contribution in [0.3, 0.4) is 0 Å². The number of rotatable bonds is 10. The summed E-state index contributed by atoms with van der Waals surface area (Å²) in [6.07, 6.45) is 2.95. The summed E-state index contributed by atoms with van der Waals surface area (Å²) >= 11 is 0. The van der Waals surface area contributed by atoms with E-state index >= 15 is 0 Å². The molecule has 8 heteroatoms. The largest absolute Gasteiger partial charge is 0.469 e. The molecule has 0 aliphatic heterocycles. The molecule has 2 aromatic rings. The number of carbonyl (C=O) groups is 2. The fourth-order valence-corrected chi connectivity index (χ4v) is 2.58. The van der Waals surface area contributed by atoms with Crippen LogP contribution in [0.15, 0.2) is 28.8 Å². The van der Waals surface area contributed by atoms with E-state index in [0.29, 0.717) is 30.1 Å². The highest BCUT2D eigenvalue weighted by atomic mass is 19.1. The molecule has 1 amide bonds. The van der Waals surface area contributed by atoms with Crippen LogP contribution in [-0.4, -0.2) is 29.1 Å². The Hall–Kier alpha value is -2.77. The molecule has 146 valence electrons. The molecular formula is C19H24FN3O4. The minimum atomic E-state index is -0.579. The molecule has 1 heterocycles. The first kappa shape index (κ1) is 20.5. The summed E-state index contributed by atoms with van der Waals surface area (Å²) in [5.41, 5.74) is 0.635. The van der Waals surface area contributed by atoms with E-state index in [0.717, 1.165) is 12.8 Å². The van der Waals surface area contributed by atoms with Gasteiger partial charge < -0.3 is 14.6 Å². The maximum Gasteiger partial charge on any atom is 0.307 e. The standard InChI is InChI=1S/C19H24FN3O4/c1-3-5-16-22-18(27-23-16)7-4-6-17(24)21-15(12-19(25)26-2)13-8-10-14(20)11-9-13/h8-11,15H,3-7,12H2,1-2H3,(H,21,24). The summed E-state index contributed by atoms with van der Waals surface area (Å²) < 4.78 is 22.9. The lowest BCUT2D eigenvalue weighted by Crippen LogP contribution is -2.30. The highest BCUT2D eigenvalue weighted by Crippen LogP contribution is 2.18. The van der Waals surface area contributed by atoms with E-state index in [2.05, 4.69) is 20.2 Å². The fourth-order valence-electron chi connectivity index (χ4n) is 2.58. The number of ether oxygens (including phenoxy) is 1. The van der Waals surface area contributed by atoms with Crippen molar-refractivity contribution in [1.29, 1.82) is 0 Å². The Kier molecular flexibility index (Phi) is 7.91. The lowest BCUT2D eigenvalue weighted by atomic mass is 10.0. The van der Waals surface area contributed by atoms with Gasteiger partial charge in [0.25, 0.3) is 0 Å². The van der Waals surface area contributed by atoms with Gasteiger partial charge >= 0.3 is 5.97 Å². The number of methoxy groups -OCH3 is 1. The molecule has 1 unspecified atom stereocenters. The van der Waals surface area contributed by atoms with Gasteiger partial charge in [0.15, 0.2) is 5.82 Å². The Balaban J connectivity index is 1.88. The lowest BCUT2D eigenvalue weighted by molar-refractivity contribution is -0.141. The summed E-state index contributed by atoms with van der Waals surface area (Å²) in [5, 5.41) is 6.67. The molecular weight excluding hydrogens is 353 g/mol. The average Bonchev–Trinajstić information content (AvgIpc) is 3.09. The molecule has 0 saturated heterocycles. The number of amides is 1. The first-order valence-electron chi connectivity index (χ1n) is 8.95. The van der Waals surface area contributed by atoms with Gasteiger partial charge in [0.2, 0.25) is 11.8 Å². The highest BCUT2D eigenvalue weighted by molar-refractivity contribution is 5.78. The minimum absolute atomic E-state index is 0.0299. The summed E-state index contributed by atoms with van der Waals surface area (Å²) in [4.78, 5) is 28.1. The number of aromatic nitrogens is 2. The van der Waals surface area contributed by atoms with Gasteiger partial charge in [-0.05, 0) is 30.5 Å². The minimum Gasteiger partial charge on any atom is -0.469 e. The average molecular weight is 377 g/mol. The zero-order chi connectivity index (χ0) is 19.6. The molecule has 0 saturated carbocycles. The van der Waals surface area contributed by atoms with Crippen LogP contribution < -0.4 is 5.32 Å². The topological polar surface area (TPSA) is 94.3 Å². The Morgan fingerprint density at radius 3 is 2.67 bits per heavy atom. The van der Waals surface area contributed by atoms with E-state index in [-0.39, 0.29) is 24.6 Å². The van der Waals surface area contributed by atoms with Crippen molar-refractivity contribution in [3.63, 3.8) is 0 Å². The molecule has 2 rings (SSSR count). The van der Waals surface area contributed by atoms with Crippen LogP contribution in [0.25, 0.3) is 0 Å². The smallest absolute Gasteiger partial charge is 0.307 e. The molecule has 27 heavy (non-hydrogen) atoms. The summed E-state index contributed by atoms with van der Waals surface area (Å²) in [6, 6.07) is 5.07. The Morgan fingerprint density at radius 1 is 1.26 bits per heavy atom. The number of benzene rings is 1. The second kappa shape index (κ2) is 10.4. The van der Waals surface area contributed by atoms with Gasteiger partial charge in [-0.2, -0.15) is 4.98 Å². The van der Waals surface area contributed by atoms with E-state index in [1.807, 2.05) is 6.92 Å². The number of halogens is 1. The number of hydrogen-bond acceptors (Lipinski definition) is 6. The molecule has 0 aliphatic rings. The normalized spacial score (nSPS) is 11.8.